The molecule has 0 heteroatoms. The highest BCUT2D eigenvalue weighted by Crippen LogP contribution is 2.45. The Morgan fingerprint density at radius 3 is 2.22 bits per heavy atom. The molecule has 0 aromatic heterocycles. The van der Waals surface area contributed by atoms with E-state index in [0.29, 0.717) is 0 Å². The van der Waals surface area contributed by atoms with Gasteiger partial charge in [0.05, 0.1) is 0 Å². The lowest BCUT2D eigenvalue weighted by Gasteiger charge is -1.96. The van der Waals surface area contributed by atoms with E-state index in [-0.39, 0.29) is 6.40 Å². The van der Waals surface area contributed by atoms with Crippen molar-refractivity contribution in [2.24, 2.45) is 11.8 Å². The fourth-order valence-electron chi connectivity index (χ4n) is 1.53. The summed E-state index contributed by atoms with van der Waals surface area (Å²) >= 11 is 0. The molecule has 2 atom stereocenters. The molecule has 0 nitrogen and oxygen atoms in total. The molecule has 1 saturated carbocycles. The largest absolute Gasteiger partial charge is 0.103 e. The van der Waals surface area contributed by atoms with Crippen LogP contribution in [0.2, 0.25) is 0 Å². The van der Waals surface area contributed by atoms with Crippen LogP contribution in [0.15, 0.2) is 0 Å². The van der Waals surface area contributed by atoms with E-state index in [1.165, 1.54) is 12.8 Å². The average Bonchev–Trinajstić information content (AvgIpc) is 2.39. The monoisotopic (exact) mass is 121 g/mol. The molecule has 2 aliphatic rings. The van der Waals surface area contributed by atoms with Crippen molar-refractivity contribution in [3.8, 4) is 11.8 Å². The Hall–Kier alpha value is -0.440. The van der Waals surface area contributed by atoms with Gasteiger partial charge in [0, 0.05) is 14.2 Å². The average molecular weight is 121 g/mol. The zero-order valence-corrected chi connectivity index (χ0v) is 5.56. The van der Waals surface area contributed by atoms with Gasteiger partial charge in [0.1, 0.15) is 0 Å². The molecule has 0 heterocycles. The van der Waals surface area contributed by atoms with Gasteiger partial charge < -0.3 is 0 Å². The third-order valence-corrected chi connectivity index (χ3v) is 2.23. The van der Waals surface area contributed by atoms with Crippen LogP contribution in [-0.4, -0.2) is 0 Å². The maximum Gasteiger partial charge on any atom is 0.0272 e. The van der Waals surface area contributed by atoms with Crippen LogP contribution < -0.4 is 0 Å². The van der Waals surface area contributed by atoms with Gasteiger partial charge in [-0.3, -0.25) is 0 Å². The normalized spacial score (nSPS) is 48.9. The van der Waals surface area contributed by atoms with Crippen LogP contribution in [0, 0.1) is 23.7 Å². The molecule has 48 valence electrons. The molecular weight excluding hydrogens is 108 g/mol. The molecule has 0 amide bonds. The summed E-state index contributed by atoms with van der Waals surface area (Å²) in [6.45, 7) is 0. The number of hydrogen-bond donors (Lipinski definition) is 0. The summed E-state index contributed by atoms with van der Waals surface area (Å²) in [5.41, 5.74) is 0. The fraction of sp³-hybridized carbons (Fsp3) is 0.778. The van der Waals surface area contributed by atoms with Gasteiger partial charge in [0.25, 0.3) is 0 Å². The van der Waals surface area contributed by atoms with Crippen LogP contribution in [0.25, 0.3) is 0 Å². The summed E-state index contributed by atoms with van der Waals surface area (Å²) in [5.74, 6) is 7.70. The Balaban J connectivity index is 1.97. The maximum atomic E-state index is 7.59. The topological polar surface area (TPSA) is 0 Å². The summed E-state index contributed by atoms with van der Waals surface area (Å²) in [6.07, 6.45) is 4.71. The minimum atomic E-state index is 0.265. The smallest absolute Gasteiger partial charge is 0.0272 e. The van der Waals surface area contributed by atoms with E-state index in [1.807, 2.05) is 0 Å². The Labute approximate surface area is 58.1 Å². The first-order valence-corrected chi connectivity index (χ1v) is 3.77. The predicted molar refractivity (Wildman–Crippen MR) is 37.8 cm³/mol. The SMILES string of the molecule is [2H]C1C2CCC#CCCC12. The number of fused-ring (bicyclic) bond motifs is 1. The standard InChI is InChI=1S/C9H12/c1-2-4-6-9-7-8(9)5-3-1/h8-9H,3-7H2/i7D. The molecule has 0 saturated heterocycles. The molecule has 0 N–H and O–H groups in total. The Morgan fingerprint density at radius 1 is 1.11 bits per heavy atom. The van der Waals surface area contributed by atoms with E-state index in [9.17, 15) is 0 Å². The fourth-order valence-corrected chi connectivity index (χ4v) is 1.53. The number of hydrogen-bond acceptors (Lipinski definition) is 0. The van der Waals surface area contributed by atoms with Crippen molar-refractivity contribution in [3.05, 3.63) is 0 Å². The van der Waals surface area contributed by atoms with Crippen LogP contribution in [0.3, 0.4) is 0 Å². The molecule has 2 aliphatic carbocycles. The van der Waals surface area contributed by atoms with Crippen molar-refractivity contribution in [1.82, 2.24) is 0 Å². The zero-order chi connectivity index (χ0) is 6.97. The van der Waals surface area contributed by atoms with Crippen LogP contribution in [-0.2, 0) is 0 Å². The van der Waals surface area contributed by atoms with E-state index >= 15 is 0 Å². The highest BCUT2D eigenvalue weighted by atomic mass is 14.4. The van der Waals surface area contributed by atoms with Gasteiger partial charge in [0.15, 0.2) is 0 Å². The highest BCUT2D eigenvalue weighted by molar-refractivity contribution is 5.04. The summed E-state index contributed by atoms with van der Waals surface area (Å²) < 4.78 is 7.59. The molecular formula is C9H12. The van der Waals surface area contributed by atoms with Crippen molar-refractivity contribution in [2.45, 2.75) is 32.1 Å². The van der Waals surface area contributed by atoms with E-state index in [0.717, 1.165) is 24.7 Å². The van der Waals surface area contributed by atoms with Crippen molar-refractivity contribution >= 4 is 0 Å². The van der Waals surface area contributed by atoms with Crippen LogP contribution in [0.4, 0.5) is 0 Å². The van der Waals surface area contributed by atoms with E-state index in [2.05, 4.69) is 11.8 Å². The third-order valence-electron chi connectivity index (χ3n) is 2.23. The molecule has 0 aliphatic heterocycles. The molecule has 2 rings (SSSR count). The Kier molecular flexibility index (Phi) is 1.01. The molecule has 0 aromatic carbocycles. The van der Waals surface area contributed by atoms with Crippen molar-refractivity contribution in [3.63, 3.8) is 0 Å². The summed E-state index contributed by atoms with van der Waals surface area (Å²) in [5, 5.41) is 0. The van der Waals surface area contributed by atoms with Crippen LogP contribution >= 0.6 is 0 Å². The van der Waals surface area contributed by atoms with Crippen molar-refractivity contribution < 1.29 is 1.37 Å². The lowest BCUT2D eigenvalue weighted by atomic mass is 10.1. The predicted octanol–water partition coefficient (Wildman–Crippen LogP) is 2.20. The van der Waals surface area contributed by atoms with Crippen LogP contribution in [0.5, 0.6) is 0 Å². The lowest BCUT2D eigenvalue weighted by Crippen LogP contribution is -1.85. The lowest BCUT2D eigenvalue weighted by molar-refractivity contribution is 0.618. The second kappa shape index (κ2) is 2.06. The van der Waals surface area contributed by atoms with Gasteiger partial charge in [-0.15, -0.1) is 11.8 Å². The van der Waals surface area contributed by atoms with Crippen LogP contribution in [0.1, 0.15) is 33.5 Å². The van der Waals surface area contributed by atoms with Gasteiger partial charge in [-0.25, -0.2) is 0 Å². The zero-order valence-electron chi connectivity index (χ0n) is 6.56. The molecule has 0 spiro atoms. The highest BCUT2D eigenvalue weighted by Gasteiger charge is 2.35. The third kappa shape index (κ3) is 1.10. The van der Waals surface area contributed by atoms with Gasteiger partial charge in [-0.2, -0.15) is 0 Å². The first kappa shape index (κ1) is 4.39. The summed E-state index contributed by atoms with van der Waals surface area (Å²) in [7, 11) is 0. The molecule has 0 aromatic rings. The van der Waals surface area contributed by atoms with E-state index < -0.39 is 0 Å². The maximum absolute atomic E-state index is 7.59. The van der Waals surface area contributed by atoms with Gasteiger partial charge in [-0.05, 0) is 31.1 Å². The quantitative estimate of drug-likeness (QED) is 0.431. The molecule has 0 bridgehead atoms. The van der Waals surface area contributed by atoms with Gasteiger partial charge in [-0.1, -0.05) is 0 Å². The van der Waals surface area contributed by atoms with E-state index in [4.69, 9.17) is 1.37 Å². The Bertz CT molecular complexity index is 169. The molecule has 9 heavy (non-hydrogen) atoms. The first-order chi connectivity index (χ1) is 4.89. The minimum Gasteiger partial charge on any atom is -0.103 e. The Morgan fingerprint density at radius 2 is 1.67 bits per heavy atom. The van der Waals surface area contributed by atoms with Gasteiger partial charge in [0.2, 0.25) is 0 Å². The first-order valence-electron chi connectivity index (χ1n) is 4.35. The van der Waals surface area contributed by atoms with E-state index in [1.54, 1.807) is 0 Å². The second-order valence-electron chi connectivity index (χ2n) is 2.95. The second-order valence-corrected chi connectivity index (χ2v) is 2.95. The summed E-state index contributed by atoms with van der Waals surface area (Å²) in [6, 6.07) is 0. The summed E-state index contributed by atoms with van der Waals surface area (Å²) in [4.78, 5) is 0. The molecule has 2 unspecified atom stereocenters. The minimum absolute atomic E-state index is 0.265. The van der Waals surface area contributed by atoms with Crippen molar-refractivity contribution in [1.29, 1.82) is 0 Å². The van der Waals surface area contributed by atoms with Gasteiger partial charge >= 0.3 is 0 Å². The van der Waals surface area contributed by atoms with Crippen molar-refractivity contribution in [2.75, 3.05) is 0 Å². The number of rotatable bonds is 0. The molecule has 1 fully saturated rings. The molecule has 0 radical (unpaired) electrons.